The summed E-state index contributed by atoms with van der Waals surface area (Å²) < 4.78 is 5.24. The fourth-order valence-corrected chi connectivity index (χ4v) is 1.49. The monoisotopic (exact) mass is 208 g/mol. The van der Waals surface area contributed by atoms with Crippen molar-refractivity contribution in [1.82, 2.24) is 0 Å². The van der Waals surface area contributed by atoms with Crippen LogP contribution >= 0.6 is 0 Å². The van der Waals surface area contributed by atoms with Crippen LogP contribution in [0, 0.1) is 0 Å². The minimum atomic E-state index is -0.770. The first kappa shape index (κ1) is 11.6. The predicted molar refractivity (Wildman–Crippen MR) is 58.3 cm³/mol. The summed E-state index contributed by atoms with van der Waals surface area (Å²) in [6.07, 6.45) is 1.63. The normalized spacial score (nSPS) is 10.0. The smallest absolute Gasteiger partial charge is 0.303 e. The van der Waals surface area contributed by atoms with E-state index >= 15 is 0 Å². The van der Waals surface area contributed by atoms with E-state index in [0.717, 1.165) is 23.3 Å². The van der Waals surface area contributed by atoms with Crippen LogP contribution in [0.2, 0.25) is 0 Å². The van der Waals surface area contributed by atoms with Crippen molar-refractivity contribution in [3.05, 3.63) is 29.3 Å². The number of aryl methyl sites for hydroxylation is 2. The molecule has 0 atom stereocenters. The third-order valence-corrected chi connectivity index (χ3v) is 2.36. The Morgan fingerprint density at radius 1 is 1.47 bits per heavy atom. The first-order valence-electron chi connectivity index (χ1n) is 5.05. The Labute approximate surface area is 89.7 Å². The molecule has 0 unspecified atom stereocenters. The summed E-state index contributed by atoms with van der Waals surface area (Å²) in [6.45, 7) is 2.06. The number of benzene rings is 1. The lowest BCUT2D eigenvalue weighted by molar-refractivity contribution is -0.136. The Kier molecular flexibility index (Phi) is 4.16. The molecule has 0 spiro atoms. The average molecular weight is 208 g/mol. The van der Waals surface area contributed by atoms with Crippen molar-refractivity contribution >= 4 is 5.97 Å². The average Bonchev–Trinajstić information content (AvgIpc) is 2.25. The fraction of sp³-hybridized carbons (Fsp3) is 0.417. The van der Waals surface area contributed by atoms with Crippen LogP contribution in [0.15, 0.2) is 18.2 Å². The van der Waals surface area contributed by atoms with Gasteiger partial charge in [0.15, 0.2) is 0 Å². The second-order valence-corrected chi connectivity index (χ2v) is 3.39. The molecule has 0 fully saturated rings. The SMILES string of the molecule is CCc1ccc(CCC(=O)O)cc1OC. The van der Waals surface area contributed by atoms with Gasteiger partial charge < -0.3 is 9.84 Å². The van der Waals surface area contributed by atoms with Crippen molar-refractivity contribution in [1.29, 1.82) is 0 Å². The van der Waals surface area contributed by atoms with Gasteiger partial charge >= 0.3 is 5.97 Å². The molecule has 15 heavy (non-hydrogen) atoms. The van der Waals surface area contributed by atoms with E-state index in [0.29, 0.717) is 6.42 Å². The van der Waals surface area contributed by atoms with Gasteiger partial charge in [0.2, 0.25) is 0 Å². The Morgan fingerprint density at radius 2 is 2.20 bits per heavy atom. The third-order valence-electron chi connectivity index (χ3n) is 2.36. The van der Waals surface area contributed by atoms with E-state index in [2.05, 4.69) is 6.92 Å². The number of methoxy groups -OCH3 is 1. The maximum absolute atomic E-state index is 10.4. The summed E-state index contributed by atoms with van der Waals surface area (Å²) >= 11 is 0. The summed E-state index contributed by atoms with van der Waals surface area (Å²) in [5.41, 5.74) is 2.16. The van der Waals surface area contributed by atoms with Crippen molar-refractivity contribution in [2.24, 2.45) is 0 Å². The number of hydrogen-bond acceptors (Lipinski definition) is 2. The highest BCUT2D eigenvalue weighted by Crippen LogP contribution is 2.21. The van der Waals surface area contributed by atoms with Crippen molar-refractivity contribution in [3.8, 4) is 5.75 Å². The maximum Gasteiger partial charge on any atom is 0.303 e. The first-order chi connectivity index (χ1) is 7.17. The molecule has 0 aliphatic heterocycles. The zero-order valence-electron chi connectivity index (χ0n) is 9.12. The van der Waals surface area contributed by atoms with Crippen LogP contribution in [0.25, 0.3) is 0 Å². The molecule has 3 nitrogen and oxygen atoms in total. The molecule has 0 aliphatic carbocycles. The standard InChI is InChI=1S/C12H16O3/c1-3-10-6-4-9(5-7-12(13)14)8-11(10)15-2/h4,6,8H,3,5,7H2,1-2H3,(H,13,14). The molecule has 82 valence electrons. The Hall–Kier alpha value is -1.51. The van der Waals surface area contributed by atoms with E-state index in [1.807, 2.05) is 18.2 Å². The van der Waals surface area contributed by atoms with Crippen LogP contribution in [0.1, 0.15) is 24.5 Å². The van der Waals surface area contributed by atoms with Gasteiger partial charge in [-0.2, -0.15) is 0 Å². The molecule has 0 aromatic heterocycles. The number of carboxylic acid groups (broad SMARTS) is 1. The van der Waals surface area contributed by atoms with Crippen molar-refractivity contribution in [2.45, 2.75) is 26.2 Å². The van der Waals surface area contributed by atoms with Gasteiger partial charge in [0, 0.05) is 6.42 Å². The lowest BCUT2D eigenvalue weighted by Gasteiger charge is -2.08. The molecule has 1 aromatic rings. The molecular formula is C12H16O3. The highest BCUT2D eigenvalue weighted by molar-refractivity contribution is 5.67. The molecule has 0 bridgehead atoms. The van der Waals surface area contributed by atoms with Gasteiger partial charge in [-0.1, -0.05) is 19.1 Å². The van der Waals surface area contributed by atoms with E-state index in [4.69, 9.17) is 9.84 Å². The second-order valence-electron chi connectivity index (χ2n) is 3.39. The summed E-state index contributed by atoms with van der Waals surface area (Å²) in [5, 5.41) is 8.57. The van der Waals surface area contributed by atoms with E-state index in [-0.39, 0.29) is 6.42 Å². The Bertz CT molecular complexity index is 345. The van der Waals surface area contributed by atoms with Gasteiger partial charge in [0.05, 0.1) is 7.11 Å². The van der Waals surface area contributed by atoms with Crippen LogP contribution in [0.4, 0.5) is 0 Å². The summed E-state index contributed by atoms with van der Waals surface area (Å²) in [7, 11) is 1.63. The molecule has 0 saturated carbocycles. The van der Waals surface area contributed by atoms with Gasteiger partial charge in [-0.3, -0.25) is 4.79 Å². The van der Waals surface area contributed by atoms with Gasteiger partial charge in [-0.25, -0.2) is 0 Å². The van der Waals surface area contributed by atoms with Crippen LogP contribution in [-0.2, 0) is 17.6 Å². The molecule has 1 rings (SSSR count). The predicted octanol–water partition coefficient (Wildman–Crippen LogP) is 2.27. The van der Waals surface area contributed by atoms with E-state index in [9.17, 15) is 4.79 Å². The van der Waals surface area contributed by atoms with Crippen LogP contribution < -0.4 is 4.74 Å². The number of rotatable bonds is 5. The first-order valence-corrected chi connectivity index (χ1v) is 5.05. The molecule has 0 radical (unpaired) electrons. The Morgan fingerprint density at radius 3 is 2.73 bits per heavy atom. The van der Waals surface area contributed by atoms with Gasteiger partial charge in [0.1, 0.15) is 5.75 Å². The van der Waals surface area contributed by atoms with E-state index < -0.39 is 5.97 Å². The fourth-order valence-electron chi connectivity index (χ4n) is 1.49. The zero-order valence-corrected chi connectivity index (χ0v) is 9.12. The van der Waals surface area contributed by atoms with Gasteiger partial charge in [-0.05, 0) is 30.0 Å². The highest BCUT2D eigenvalue weighted by Gasteiger charge is 2.04. The van der Waals surface area contributed by atoms with Crippen LogP contribution in [0.3, 0.4) is 0 Å². The number of carboxylic acids is 1. The van der Waals surface area contributed by atoms with E-state index in [1.54, 1.807) is 7.11 Å². The van der Waals surface area contributed by atoms with Gasteiger partial charge in [0.25, 0.3) is 0 Å². The minimum Gasteiger partial charge on any atom is -0.496 e. The summed E-state index contributed by atoms with van der Waals surface area (Å²) in [5.74, 6) is 0.0777. The van der Waals surface area contributed by atoms with Crippen molar-refractivity contribution in [2.75, 3.05) is 7.11 Å². The molecule has 0 heterocycles. The van der Waals surface area contributed by atoms with Crippen LogP contribution in [-0.4, -0.2) is 18.2 Å². The number of carbonyl (C=O) groups is 1. The number of aliphatic carboxylic acids is 1. The van der Waals surface area contributed by atoms with Crippen LogP contribution in [0.5, 0.6) is 5.75 Å². The molecule has 0 aliphatic rings. The molecule has 0 saturated heterocycles. The van der Waals surface area contributed by atoms with Crippen molar-refractivity contribution in [3.63, 3.8) is 0 Å². The molecule has 1 aromatic carbocycles. The number of hydrogen-bond donors (Lipinski definition) is 1. The zero-order chi connectivity index (χ0) is 11.3. The van der Waals surface area contributed by atoms with Gasteiger partial charge in [-0.15, -0.1) is 0 Å². The highest BCUT2D eigenvalue weighted by atomic mass is 16.5. The van der Waals surface area contributed by atoms with E-state index in [1.165, 1.54) is 0 Å². The lowest BCUT2D eigenvalue weighted by atomic mass is 10.0. The van der Waals surface area contributed by atoms with Crippen molar-refractivity contribution < 1.29 is 14.6 Å². The molecule has 0 amide bonds. The topological polar surface area (TPSA) is 46.5 Å². The summed E-state index contributed by atoms with van der Waals surface area (Å²) in [4.78, 5) is 10.4. The lowest BCUT2D eigenvalue weighted by Crippen LogP contribution is -1.98. The summed E-state index contributed by atoms with van der Waals surface area (Å²) in [6, 6.07) is 5.88. The maximum atomic E-state index is 10.4. The third kappa shape index (κ3) is 3.27. The minimum absolute atomic E-state index is 0.161. The Balaban J connectivity index is 2.78. The number of ether oxygens (including phenoxy) is 1. The quantitative estimate of drug-likeness (QED) is 0.807. The largest absolute Gasteiger partial charge is 0.496 e. The molecule has 3 heteroatoms. The second kappa shape index (κ2) is 5.39. The molecule has 1 N–H and O–H groups in total. The molecular weight excluding hydrogens is 192 g/mol.